The number of ether oxygens (including phenoxy) is 2. The molecule has 1 aromatic carbocycles. The van der Waals surface area contributed by atoms with E-state index in [4.69, 9.17) is 10.5 Å². The van der Waals surface area contributed by atoms with Gasteiger partial charge in [-0.2, -0.15) is 0 Å². The SMILES string of the molecule is COCC(N)C(=O)N(C)Cc1ccc(OC(F)(F)F)cc1.Cl. The molecule has 1 atom stereocenters. The molecule has 2 N–H and O–H groups in total. The van der Waals surface area contributed by atoms with E-state index in [9.17, 15) is 18.0 Å². The molecule has 0 aliphatic carbocycles. The molecule has 1 unspecified atom stereocenters. The van der Waals surface area contributed by atoms with E-state index in [1.807, 2.05) is 0 Å². The highest BCUT2D eigenvalue weighted by atomic mass is 35.5. The normalized spacial score (nSPS) is 12.3. The van der Waals surface area contributed by atoms with Gasteiger partial charge in [0.05, 0.1) is 6.61 Å². The number of methoxy groups -OCH3 is 1. The third-order valence-electron chi connectivity index (χ3n) is 2.62. The van der Waals surface area contributed by atoms with E-state index in [-0.39, 0.29) is 37.2 Å². The van der Waals surface area contributed by atoms with E-state index in [0.29, 0.717) is 5.56 Å². The van der Waals surface area contributed by atoms with Crippen molar-refractivity contribution in [1.29, 1.82) is 0 Å². The summed E-state index contributed by atoms with van der Waals surface area (Å²) < 4.78 is 44.6. The van der Waals surface area contributed by atoms with Crippen molar-refractivity contribution in [2.75, 3.05) is 20.8 Å². The second kappa shape index (κ2) is 8.82. The highest BCUT2D eigenvalue weighted by molar-refractivity contribution is 5.85. The van der Waals surface area contributed by atoms with Gasteiger partial charge in [-0.05, 0) is 17.7 Å². The summed E-state index contributed by atoms with van der Waals surface area (Å²) >= 11 is 0. The molecule has 0 aliphatic rings. The van der Waals surface area contributed by atoms with Gasteiger partial charge in [0, 0.05) is 20.7 Å². The van der Waals surface area contributed by atoms with Crippen LogP contribution in [0.4, 0.5) is 13.2 Å². The first-order valence-corrected chi connectivity index (χ1v) is 6.07. The Bertz CT molecular complexity index is 469. The number of halogens is 4. The van der Waals surface area contributed by atoms with Crippen molar-refractivity contribution in [1.82, 2.24) is 4.90 Å². The fourth-order valence-electron chi connectivity index (χ4n) is 1.68. The van der Waals surface area contributed by atoms with Crippen LogP contribution in [0.1, 0.15) is 5.56 Å². The average Bonchev–Trinajstić information content (AvgIpc) is 2.38. The van der Waals surface area contributed by atoms with E-state index in [1.165, 1.54) is 36.3 Å². The summed E-state index contributed by atoms with van der Waals surface area (Å²) in [5.41, 5.74) is 6.27. The molecule has 0 aliphatic heterocycles. The molecule has 0 saturated heterocycles. The lowest BCUT2D eigenvalue weighted by Crippen LogP contribution is -2.44. The van der Waals surface area contributed by atoms with Gasteiger partial charge in [0.15, 0.2) is 0 Å². The lowest BCUT2D eigenvalue weighted by Gasteiger charge is -2.21. The van der Waals surface area contributed by atoms with Crippen molar-refractivity contribution < 1.29 is 27.4 Å². The largest absolute Gasteiger partial charge is 0.573 e. The summed E-state index contributed by atoms with van der Waals surface area (Å²) in [6.07, 6.45) is -4.72. The number of nitrogens with zero attached hydrogens (tertiary/aromatic N) is 1. The van der Waals surface area contributed by atoms with Crippen molar-refractivity contribution >= 4 is 18.3 Å². The number of alkyl halides is 3. The number of amides is 1. The second-order valence-electron chi connectivity index (χ2n) is 4.45. The van der Waals surface area contributed by atoms with Crippen LogP contribution in [0.15, 0.2) is 24.3 Å². The van der Waals surface area contributed by atoms with Crippen LogP contribution in [0.25, 0.3) is 0 Å². The average molecular weight is 343 g/mol. The molecule has 0 bridgehead atoms. The molecule has 0 saturated carbocycles. The third-order valence-corrected chi connectivity index (χ3v) is 2.62. The van der Waals surface area contributed by atoms with Gasteiger partial charge in [-0.25, -0.2) is 0 Å². The minimum atomic E-state index is -4.72. The molecule has 0 aromatic heterocycles. The lowest BCUT2D eigenvalue weighted by molar-refractivity contribution is -0.274. The first-order chi connectivity index (χ1) is 9.73. The zero-order chi connectivity index (χ0) is 16.0. The fourth-order valence-corrected chi connectivity index (χ4v) is 1.68. The standard InChI is InChI=1S/C13H17F3N2O3.ClH/c1-18(12(19)11(17)8-20-2)7-9-3-5-10(6-4-9)21-13(14,15)16;/h3-6,11H,7-8,17H2,1-2H3;1H. The number of nitrogens with two attached hydrogens (primary N) is 1. The minimum Gasteiger partial charge on any atom is -0.406 e. The summed E-state index contributed by atoms with van der Waals surface area (Å²) in [6, 6.07) is 4.51. The van der Waals surface area contributed by atoms with E-state index >= 15 is 0 Å². The van der Waals surface area contributed by atoms with Gasteiger partial charge < -0.3 is 20.1 Å². The van der Waals surface area contributed by atoms with E-state index in [0.717, 1.165) is 0 Å². The van der Waals surface area contributed by atoms with Gasteiger partial charge in [0.25, 0.3) is 0 Å². The Morgan fingerprint density at radius 1 is 1.32 bits per heavy atom. The number of hydrogen-bond donors (Lipinski definition) is 1. The summed E-state index contributed by atoms with van der Waals surface area (Å²) in [5, 5.41) is 0. The van der Waals surface area contributed by atoms with E-state index in [2.05, 4.69) is 4.74 Å². The molecular formula is C13H18ClF3N2O3. The van der Waals surface area contributed by atoms with Crippen molar-refractivity contribution in [2.45, 2.75) is 18.9 Å². The van der Waals surface area contributed by atoms with Gasteiger partial charge in [-0.15, -0.1) is 25.6 Å². The molecule has 5 nitrogen and oxygen atoms in total. The summed E-state index contributed by atoms with van der Waals surface area (Å²) in [7, 11) is 2.99. The first-order valence-electron chi connectivity index (χ1n) is 6.07. The Labute approximate surface area is 132 Å². The highest BCUT2D eigenvalue weighted by Gasteiger charge is 2.31. The molecule has 1 rings (SSSR count). The van der Waals surface area contributed by atoms with Gasteiger partial charge >= 0.3 is 6.36 Å². The molecular weight excluding hydrogens is 325 g/mol. The van der Waals surface area contributed by atoms with Crippen molar-refractivity contribution in [2.24, 2.45) is 5.73 Å². The van der Waals surface area contributed by atoms with E-state index < -0.39 is 12.4 Å². The zero-order valence-corrected chi connectivity index (χ0v) is 12.9. The number of rotatable bonds is 6. The van der Waals surface area contributed by atoms with Crippen LogP contribution in [0, 0.1) is 0 Å². The number of benzene rings is 1. The van der Waals surface area contributed by atoms with Crippen LogP contribution in [-0.2, 0) is 16.1 Å². The van der Waals surface area contributed by atoms with Gasteiger partial charge in [-0.3, -0.25) is 4.79 Å². The van der Waals surface area contributed by atoms with Crippen LogP contribution in [0.3, 0.4) is 0 Å². The van der Waals surface area contributed by atoms with E-state index in [1.54, 1.807) is 7.05 Å². The molecule has 1 aromatic rings. The Kier molecular flexibility index (Phi) is 8.21. The van der Waals surface area contributed by atoms with Crippen LogP contribution in [-0.4, -0.2) is 44.0 Å². The Balaban J connectivity index is 0.00000441. The first kappa shape index (κ1) is 20.5. The summed E-state index contributed by atoms with van der Waals surface area (Å²) in [5.74, 6) is -0.621. The highest BCUT2D eigenvalue weighted by Crippen LogP contribution is 2.22. The molecule has 0 fully saturated rings. The van der Waals surface area contributed by atoms with Gasteiger partial charge in [-0.1, -0.05) is 12.1 Å². The second-order valence-corrected chi connectivity index (χ2v) is 4.45. The maximum atomic E-state index is 12.0. The monoisotopic (exact) mass is 342 g/mol. The van der Waals surface area contributed by atoms with Crippen LogP contribution < -0.4 is 10.5 Å². The predicted octanol–water partition coefficient (Wildman–Crippen LogP) is 1.94. The molecule has 9 heteroatoms. The smallest absolute Gasteiger partial charge is 0.406 e. The molecule has 126 valence electrons. The Hall–Kier alpha value is -1.51. The summed E-state index contributed by atoms with van der Waals surface area (Å²) in [4.78, 5) is 13.2. The van der Waals surface area contributed by atoms with Crippen LogP contribution >= 0.6 is 12.4 Å². The van der Waals surface area contributed by atoms with Crippen molar-refractivity contribution in [3.63, 3.8) is 0 Å². The van der Waals surface area contributed by atoms with Gasteiger partial charge in [0.2, 0.25) is 5.91 Å². The Morgan fingerprint density at radius 2 is 1.86 bits per heavy atom. The van der Waals surface area contributed by atoms with Gasteiger partial charge in [0.1, 0.15) is 11.8 Å². The molecule has 1 amide bonds. The van der Waals surface area contributed by atoms with Crippen molar-refractivity contribution in [3.05, 3.63) is 29.8 Å². The number of carbonyl (C=O) groups is 1. The number of hydrogen-bond acceptors (Lipinski definition) is 4. The number of carbonyl (C=O) groups excluding carboxylic acids is 1. The Morgan fingerprint density at radius 3 is 2.32 bits per heavy atom. The number of likely N-dealkylation sites (N-methyl/N-ethyl adjacent to an activating group) is 1. The predicted molar refractivity (Wildman–Crippen MR) is 76.7 cm³/mol. The molecule has 0 radical (unpaired) electrons. The summed E-state index contributed by atoms with van der Waals surface area (Å²) in [6.45, 7) is 0.323. The maximum absolute atomic E-state index is 12.0. The quantitative estimate of drug-likeness (QED) is 0.858. The van der Waals surface area contributed by atoms with Crippen LogP contribution in [0.5, 0.6) is 5.75 Å². The van der Waals surface area contributed by atoms with Crippen molar-refractivity contribution in [3.8, 4) is 5.75 Å². The molecule has 22 heavy (non-hydrogen) atoms. The zero-order valence-electron chi connectivity index (χ0n) is 12.1. The topological polar surface area (TPSA) is 64.8 Å². The lowest BCUT2D eigenvalue weighted by atomic mass is 10.2. The molecule has 0 heterocycles. The fraction of sp³-hybridized carbons (Fsp3) is 0.462. The molecule has 0 spiro atoms. The minimum absolute atomic E-state index is 0. The third kappa shape index (κ3) is 6.97. The van der Waals surface area contributed by atoms with Crippen LogP contribution in [0.2, 0.25) is 0 Å². The maximum Gasteiger partial charge on any atom is 0.573 e.